The van der Waals surface area contributed by atoms with Gasteiger partial charge in [-0.1, -0.05) is 11.6 Å². The third kappa shape index (κ3) is 2.18. The molecular weight excluding hydrogens is 212 g/mol. The molecule has 1 N–H and O–H groups in total. The lowest BCUT2D eigenvalue weighted by Crippen LogP contribution is -2.18. The van der Waals surface area contributed by atoms with E-state index in [0.717, 1.165) is 0 Å². The van der Waals surface area contributed by atoms with Gasteiger partial charge < -0.3 is 0 Å². The van der Waals surface area contributed by atoms with Crippen molar-refractivity contribution in [3.05, 3.63) is 23.0 Å². The summed E-state index contributed by atoms with van der Waals surface area (Å²) in [5.74, 6) is 0. The number of rotatable bonds is 2. The fraction of sp³-hybridized carbons (Fsp3) is 0.286. The number of hydrogen-bond acceptors (Lipinski definition) is 3. The number of nitrogens with zero attached hydrogens (tertiary/aromatic N) is 1. The maximum atomic E-state index is 11.3. The van der Waals surface area contributed by atoms with Gasteiger partial charge in [0.2, 0.25) is 10.0 Å². The lowest BCUT2D eigenvalue weighted by molar-refractivity contribution is 0.587. The Morgan fingerprint density at radius 3 is 2.62 bits per heavy atom. The van der Waals surface area contributed by atoms with Crippen LogP contribution in [0.4, 0.5) is 0 Å². The van der Waals surface area contributed by atoms with Crippen LogP contribution in [-0.2, 0) is 10.0 Å². The van der Waals surface area contributed by atoms with Gasteiger partial charge in [-0.25, -0.2) is 18.1 Å². The molecule has 0 atom stereocenters. The predicted molar refractivity (Wildman–Crippen MR) is 50.2 cm³/mol. The summed E-state index contributed by atoms with van der Waals surface area (Å²) < 4.78 is 24.7. The minimum absolute atomic E-state index is 0.122. The Morgan fingerprint density at radius 2 is 2.15 bits per heavy atom. The second-order valence-corrected chi connectivity index (χ2v) is 4.73. The monoisotopic (exact) mass is 220 g/mol. The molecule has 6 heteroatoms. The van der Waals surface area contributed by atoms with Crippen molar-refractivity contribution in [3.8, 4) is 0 Å². The highest BCUT2D eigenvalue weighted by atomic mass is 35.5. The van der Waals surface area contributed by atoms with Crippen LogP contribution in [0.15, 0.2) is 17.2 Å². The Balaban J connectivity index is 3.27. The van der Waals surface area contributed by atoms with E-state index in [9.17, 15) is 8.42 Å². The van der Waals surface area contributed by atoms with Crippen LogP contribution in [0.3, 0.4) is 0 Å². The molecule has 1 rings (SSSR count). The zero-order valence-electron chi connectivity index (χ0n) is 7.20. The van der Waals surface area contributed by atoms with Gasteiger partial charge in [0.05, 0.1) is 0 Å². The normalized spacial score (nSPS) is 11.6. The molecule has 0 saturated heterocycles. The molecule has 0 spiro atoms. The molecule has 4 nitrogen and oxygen atoms in total. The van der Waals surface area contributed by atoms with Gasteiger partial charge in [0.15, 0.2) is 0 Å². The van der Waals surface area contributed by atoms with E-state index in [2.05, 4.69) is 9.71 Å². The van der Waals surface area contributed by atoms with Gasteiger partial charge in [0, 0.05) is 6.20 Å². The first-order chi connectivity index (χ1) is 5.97. The van der Waals surface area contributed by atoms with Gasteiger partial charge in [0.1, 0.15) is 10.0 Å². The highest BCUT2D eigenvalue weighted by Crippen LogP contribution is 2.15. The van der Waals surface area contributed by atoms with Crippen molar-refractivity contribution < 1.29 is 8.42 Å². The minimum atomic E-state index is -3.41. The summed E-state index contributed by atoms with van der Waals surface area (Å²) in [7, 11) is -2.06. The van der Waals surface area contributed by atoms with Crippen molar-refractivity contribution in [1.82, 2.24) is 9.71 Å². The van der Waals surface area contributed by atoms with E-state index < -0.39 is 10.0 Å². The quantitative estimate of drug-likeness (QED) is 0.755. The summed E-state index contributed by atoms with van der Waals surface area (Å²) >= 11 is 5.65. The van der Waals surface area contributed by atoms with Crippen molar-refractivity contribution in [1.29, 1.82) is 0 Å². The molecule has 1 aromatic rings. The van der Waals surface area contributed by atoms with Crippen LogP contribution in [0, 0.1) is 6.92 Å². The Labute approximate surface area is 82.0 Å². The highest BCUT2D eigenvalue weighted by Gasteiger charge is 2.12. The highest BCUT2D eigenvalue weighted by molar-refractivity contribution is 7.89. The Bertz CT molecular complexity index is 417. The third-order valence-electron chi connectivity index (χ3n) is 1.57. The molecule has 0 aliphatic heterocycles. The van der Waals surface area contributed by atoms with Gasteiger partial charge in [-0.05, 0) is 25.6 Å². The van der Waals surface area contributed by atoms with Crippen LogP contribution in [0.5, 0.6) is 0 Å². The van der Waals surface area contributed by atoms with E-state index in [4.69, 9.17) is 11.6 Å². The first-order valence-electron chi connectivity index (χ1n) is 3.53. The van der Waals surface area contributed by atoms with Crippen molar-refractivity contribution in [2.45, 2.75) is 11.8 Å². The van der Waals surface area contributed by atoms with Gasteiger partial charge in [0.25, 0.3) is 0 Å². The fourth-order valence-electron chi connectivity index (χ4n) is 0.797. The molecular formula is C7H9ClN2O2S. The first kappa shape index (κ1) is 10.4. The number of sulfonamides is 1. The van der Waals surface area contributed by atoms with Crippen LogP contribution >= 0.6 is 11.6 Å². The average Bonchev–Trinajstić information content (AvgIpc) is 2.09. The maximum absolute atomic E-state index is 11.3. The zero-order valence-corrected chi connectivity index (χ0v) is 8.78. The molecule has 0 aliphatic rings. The summed E-state index contributed by atoms with van der Waals surface area (Å²) in [4.78, 5) is 3.86. The van der Waals surface area contributed by atoms with Crippen LogP contribution < -0.4 is 4.72 Å². The zero-order chi connectivity index (χ0) is 10.1. The number of aromatic nitrogens is 1. The van der Waals surface area contributed by atoms with E-state index in [1.54, 1.807) is 6.92 Å². The summed E-state index contributed by atoms with van der Waals surface area (Å²) in [6.45, 7) is 1.70. The summed E-state index contributed by atoms with van der Waals surface area (Å²) in [5, 5.41) is 0.315. The minimum Gasteiger partial charge on any atom is -0.243 e. The molecule has 0 aromatic carbocycles. The lowest BCUT2D eigenvalue weighted by atomic mass is 10.3. The van der Waals surface area contributed by atoms with Gasteiger partial charge in [-0.3, -0.25) is 0 Å². The standard InChI is InChI=1S/C7H9ClN2O2S/c1-5-3-6(4-10-7(5)8)13(11,12)9-2/h3-4,9H,1-2H3. The van der Waals surface area contributed by atoms with E-state index in [1.807, 2.05) is 0 Å². The maximum Gasteiger partial charge on any atom is 0.241 e. The molecule has 13 heavy (non-hydrogen) atoms. The second kappa shape index (κ2) is 3.61. The first-order valence-corrected chi connectivity index (χ1v) is 5.39. The van der Waals surface area contributed by atoms with E-state index in [0.29, 0.717) is 10.7 Å². The Kier molecular flexibility index (Phi) is 2.90. The summed E-state index contributed by atoms with van der Waals surface area (Å²) in [6, 6.07) is 1.47. The van der Waals surface area contributed by atoms with Crippen molar-refractivity contribution >= 4 is 21.6 Å². The Morgan fingerprint density at radius 1 is 1.54 bits per heavy atom. The van der Waals surface area contributed by atoms with Crippen LogP contribution in [0.2, 0.25) is 5.15 Å². The third-order valence-corrected chi connectivity index (χ3v) is 3.35. The molecule has 72 valence electrons. The lowest BCUT2D eigenvalue weighted by Gasteiger charge is -2.03. The predicted octanol–water partition coefficient (Wildman–Crippen LogP) is 0.952. The smallest absolute Gasteiger partial charge is 0.241 e. The Hall–Kier alpha value is -0.650. The molecule has 0 aliphatic carbocycles. The molecule has 0 unspecified atom stereocenters. The van der Waals surface area contributed by atoms with E-state index in [-0.39, 0.29) is 4.90 Å². The SMILES string of the molecule is CNS(=O)(=O)c1cnc(Cl)c(C)c1. The second-order valence-electron chi connectivity index (χ2n) is 2.49. The largest absolute Gasteiger partial charge is 0.243 e. The van der Waals surface area contributed by atoms with Gasteiger partial charge in [-0.15, -0.1) is 0 Å². The van der Waals surface area contributed by atoms with Crippen LogP contribution in [-0.4, -0.2) is 20.4 Å². The fourth-order valence-corrected chi connectivity index (χ4v) is 1.66. The summed E-state index contributed by atoms with van der Waals surface area (Å²) in [5.41, 5.74) is 0.637. The number of aryl methyl sites for hydroxylation is 1. The van der Waals surface area contributed by atoms with Crippen LogP contribution in [0.25, 0.3) is 0 Å². The van der Waals surface area contributed by atoms with Crippen molar-refractivity contribution in [3.63, 3.8) is 0 Å². The number of pyridine rings is 1. The van der Waals surface area contributed by atoms with Crippen molar-refractivity contribution in [2.75, 3.05) is 7.05 Å². The van der Waals surface area contributed by atoms with Gasteiger partial charge >= 0.3 is 0 Å². The molecule has 1 aromatic heterocycles. The molecule has 0 saturated carbocycles. The van der Waals surface area contributed by atoms with Crippen LogP contribution in [0.1, 0.15) is 5.56 Å². The van der Waals surface area contributed by atoms with Crippen molar-refractivity contribution in [2.24, 2.45) is 0 Å². The molecule has 0 bridgehead atoms. The molecule has 0 radical (unpaired) electrons. The molecule has 1 heterocycles. The topological polar surface area (TPSA) is 59.1 Å². The van der Waals surface area contributed by atoms with E-state index in [1.165, 1.54) is 19.3 Å². The number of halogens is 1. The van der Waals surface area contributed by atoms with E-state index >= 15 is 0 Å². The average molecular weight is 221 g/mol. The summed E-state index contributed by atoms with van der Waals surface area (Å²) in [6.07, 6.45) is 1.22. The number of hydrogen-bond donors (Lipinski definition) is 1. The van der Waals surface area contributed by atoms with Gasteiger partial charge in [-0.2, -0.15) is 0 Å². The number of nitrogens with one attached hydrogen (secondary N) is 1. The molecule has 0 fully saturated rings. The molecule has 0 amide bonds.